The number of hydrogen-bond donors (Lipinski definition) is 1. The summed E-state index contributed by atoms with van der Waals surface area (Å²) >= 11 is 0. The van der Waals surface area contributed by atoms with Gasteiger partial charge in [0.25, 0.3) is 0 Å². The Kier molecular flexibility index (Phi) is 6.18. The molecule has 132 valence electrons. The zero-order chi connectivity index (χ0) is 16.8. The lowest BCUT2D eigenvalue weighted by Crippen LogP contribution is -2.52. The maximum Gasteiger partial charge on any atom is 0.224 e. The van der Waals surface area contributed by atoms with Crippen molar-refractivity contribution in [3.63, 3.8) is 0 Å². The Morgan fingerprint density at radius 1 is 1.29 bits per heavy atom. The van der Waals surface area contributed by atoms with Crippen LogP contribution in [0.2, 0.25) is 0 Å². The van der Waals surface area contributed by atoms with Crippen LogP contribution in [0.5, 0.6) is 0 Å². The second-order valence-electron chi connectivity index (χ2n) is 6.45. The van der Waals surface area contributed by atoms with Gasteiger partial charge in [-0.2, -0.15) is 0 Å². The molecule has 2 fully saturated rings. The molecule has 2 aliphatic heterocycles. The smallest absolute Gasteiger partial charge is 0.224 e. The molecule has 0 bridgehead atoms. The first-order chi connectivity index (χ1) is 11.7. The van der Waals surface area contributed by atoms with Gasteiger partial charge >= 0.3 is 0 Å². The van der Waals surface area contributed by atoms with Crippen molar-refractivity contribution >= 4 is 5.91 Å². The molecule has 0 aliphatic carbocycles. The second-order valence-corrected chi connectivity index (χ2v) is 6.45. The summed E-state index contributed by atoms with van der Waals surface area (Å²) < 4.78 is 24.2. The molecule has 0 saturated carbocycles. The topological polar surface area (TPSA) is 50.8 Å². The van der Waals surface area contributed by atoms with Crippen molar-refractivity contribution in [1.82, 2.24) is 10.2 Å². The number of benzene rings is 1. The lowest BCUT2D eigenvalue weighted by atomic mass is 9.96. The van der Waals surface area contributed by atoms with E-state index < -0.39 is 0 Å². The minimum atomic E-state index is -0.311. The first-order valence-corrected chi connectivity index (χ1v) is 8.63. The Morgan fingerprint density at radius 2 is 2.12 bits per heavy atom. The molecule has 6 heteroatoms. The van der Waals surface area contributed by atoms with E-state index in [1.165, 1.54) is 12.1 Å². The van der Waals surface area contributed by atoms with E-state index in [0.29, 0.717) is 18.0 Å². The average molecular weight is 336 g/mol. The van der Waals surface area contributed by atoms with Gasteiger partial charge in [0.05, 0.1) is 26.2 Å². The summed E-state index contributed by atoms with van der Waals surface area (Å²) in [6.07, 6.45) is 1.23. The van der Waals surface area contributed by atoms with Crippen molar-refractivity contribution < 1.29 is 18.7 Å². The lowest BCUT2D eigenvalue weighted by molar-refractivity contribution is -0.120. The molecular weight excluding hydrogens is 311 g/mol. The summed E-state index contributed by atoms with van der Waals surface area (Å²) in [7, 11) is 0. The molecule has 24 heavy (non-hydrogen) atoms. The van der Waals surface area contributed by atoms with E-state index in [4.69, 9.17) is 9.47 Å². The Balaban J connectivity index is 1.55. The molecule has 1 aromatic rings. The Bertz CT molecular complexity index is 543. The van der Waals surface area contributed by atoms with Gasteiger partial charge in [0.15, 0.2) is 0 Å². The predicted molar refractivity (Wildman–Crippen MR) is 88.2 cm³/mol. The van der Waals surface area contributed by atoms with Crippen LogP contribution in [-0.2, 0) is 20.7 Å². The highest BCUT2D eigenvalue weighted by Crippen LogP contribution is 2.21. The van der Waals surface area contributed by atoms with Crippen molar-refractivity contribution in [2.45, 2.75) is 18.9 Å². The molecule has 3 rings (SSSR count). The molecule has 2 aliphatic rings. The molecule has 5 nitrogen and oxygen atoms in total. The van der Waals surface area contributed by atoms with E-state index in [0.717, 1.165) is 45.9 Å². The number of morpholine rings is 1. The molecule has 0 radical (unpaired) electrons. The zero-order valence-electron chi connectivity index (χ0n) is 13.9. The minimum absolute atomic E-state index is 0.0715. The largest absolute Gasteiger partial charge is 0.381 e. The van der Waals surface area contributed by atoms with Crippen LogP contribution >= 0.6 is 0 Å². The van der Waals surface area contributed by atoms with Gasteiger partial charge in [-0.1, -0.05) is 12.1 Å². The summed E-state index contributed by atoms with van der Waals surface area (Å²) in [6.45, 7) is 5.40. The first-order valence-electron chi connectivity index (χ1n) is 8.63. The van der Waals surface area contributed by atoms with E-state index in [1.54, 1.807) is 12.1 Å². The number of hydrogen-bond acceptors (Lipinski definition) is 4. The minimum Gasteiger partial charge on any atom is -0.381 e. The molecule has 1 amide bonds. The fraction of sp³-hybridized carbons (Fsp3) is 0.611. The number of nitrogens with zero attached hydrogens (tertiary/aromatic N) is 1. The third-order valence-corrected chi connectivity index (χ3v) is 4.79. The first kappa shape index (κ1) is 17.3. The summed E-state index contributed by atoms with van der Waals surface area (Å²) in [5, 5.41) is 3.03. The van der Waals surface area contributed by atoms with Crippen LogP contribution in [0.4, 0.5) is 4.39 Å². The van der Waals surface area contributed by atoms with Crippen LogP contribution in [0.3, 0.4) is 0 Å². The molecule has 1 N–H and O–H groups in total. The number of amides is 1. The van der Waals surface area contributed by atoms with E-state index in [-0.39, 0.29) is 24.2 Å². The van der Waals surface area contributed by atoms with E-state index >= 15 is 0 Å². The van der Waals surface area contributed by atoms with Crippen molar-refractivity contribution in [3.05, 3.63) is 35.6 Å². The number of rotatable bonds is 6. The van der Waals surface area contributed by atoms with Crippen LogP contribution in [0.1, 0.15) is 12.0 Å². The quantitative estimate of drug-likeness (QED) is 0.849. The monoisotopic (exact) mass is 336 g/mol. The lowest BCUT2D eigenvalue weighted by Gasteiger charge is -2.37. The Labute approximate surface area is 142 Å². The van der Waals surface area contributed by atoms with E-state index in [1.807, 2.05) is 0 Å². The van der Waals surface area contributed by atoms with Crippen LogP contribution < -0.4 is 5.32 Å². The van der Waals surface area contributed by atoms with E-state index in [9.17, 15) is 9.18 Å². The van der Waals surface area contributed by atoms with Crippen LogP contribution in [0.15, 0.2) is 24.3 Å². The van der Waals surface area contributed by atoms with Crippen molar-refractivity contribution in [1.29, 1.82) is 0 Å². The number of ether oxygens (including phenoxy) is 2. The normalized spacial score (nSPS) is 23.1. The standard InChI is InChI=1S/C18H25FN2O3/c19-16-3-1-2-14(10-16)11-18(22)20-12-17(15-4-7-24-13-15)21-5-8-23-9-6-21/h1-3,10,15,17H,4-9,11-13H2,(H,20,22)/t15-,17-/m1/s1. The maximum atomic E-state index is 13.2. The third-order valence-electron chi connectivity index (χ3n) is 4.79. The van der Waals surface area contributed by atoms with Crippen LogP contribution in [0, 0.1) is 11.7 Å². The molecule has 0 aromatic heterocycles. The summed E-state index contributed by atoms with van der Waals surface area (Å²) in [6, 6.07) is 6.46. The van der Waals surface area contributed by atoms with Gasteiger partial charge in [-0.05, 0) is 24.1 Å². The summed E-state index contributed by atoms with van der Waals surface area (Å²) in [5.74, 6) is 0.0601. The highest BCUT2D eigenvalue weighted by Gasteiger charge is 2.31. The van der Waals surface area contributed by atoms with Gasteiger partial charge < -0.3 is 14.8 Å². The predicted octanol–water partition coefficient (Wildman–Crippen LogP) is 1.22. The van der Waals surface area contributed by atoms with Crippen molar-refractivity contribution in [3.8, 4) is 0 Å². The van der Waals surface area contributed by atoms with Gasteiger partial charge in [0, 0.05) is 38.2 Å². The van der Waals surface area contributed by atoms with Gasteiger partial charge in [-0.15, -0.1) is 0 Å². The van der Waals surface area contributed by atoms with E-state index in [2.05, 4.69) is 10.2 Å². The van der Waals surface area contributed by atoms with Crippen LogP contribution in [0.25, 0.3) is 0 Å². The molecule has 0 unspecified atom stereocenters. The molecule has 2 atom stereocenters. The molecular formula is C18H25FN2O3. The third kappa shape index (κ3) is 4.75. The number of halogens is 1. The highest BCUT2D eigenvalue weighted by atomic mass is 19.1. The number of carbonyl (C=O) groups excluding carboxylic acids is 1. The van der Waals surface area contributed by atoms with Crippen LogP contribution in [-0.4, -0.2) is 62.9 Å². The van der Waals surface area contributed by atoms with Crippen molar-refractivity contribution in [2.75, 3.05) is 46.1 Å². The average Bonchev–Trinajstić information content (AvgIpc) is 3.10. The van der Waals surface area contributed by atoms with Gasteiger partial charge in [0.2, 0.25) is 5.91 Å². The molecule has 1 aromatic carbocycles. The SMILES string of the molecule is O=C(Cc1cccc(F)c1)NC[C@H]([C@@H]1CCOC1)N1CCOCC1. The van der Waals surface area contributed by atoms with Crippen molar-refractivity contribution in [2.24, 2.45) is 5.92 Å². The fourth-order valence-electron chi connectivity index (χ4n) is 3.47. The number of nitrogens with one attached hydrogen (secondary N) is 1. The molecule has 0 spiro atoms. The van der Waals surface area contributed by atoms with Gasteiger partial charge in [-0.25, -0.2) is 4.39 Å². The fourth-order valence-corrected chi connectivity index (χ4v) is 3.47. The van der Waals surface area contributed by atoms with Gasteiger partial charge in [0.1, 0.15) is 5.82 Å². The maximum absolute atomic E-state index is 13.2. The molecule has 2 saturated heterocycles. The zero-order valence-corrected chi connectivity index (χ0v) is 13.9. The Morgan fingerprint density at radius 3 is 2.83 bits per heavy atom. The Hall–Kier alpha value is -1.50. The number of carbonyl (C=O) groups is 1. The molecule has 2 heterocycles. The summed E-state index contributed by atoms with van der Waals surface area (Å²) in [4.78, 5) is 14.6. The highest BCUT2D eigenvalue weighted by molar-refractivity contribution is 5.78. The summed E-state index contributed by atoms with van der Waals surface area (Å²) in [5.41, 5.74) is 0.694. The second kappa shape index (κ2) is 8.55. The van der Waals surface area contributed by atoms with Gasteiger partial charge in [-0.3, -0.25) is 9.69 Å².